The van der Waals surface area contributed by atoms with Crippen molar-refractivity contribution in [3.63, 3.8) is 0 Å². The van der Waals surface area contributed by atoms with Crippen LogP contribution in [0.3, 0.4) is 0 Å². The zero-order valence-corrected chi connectivity index (χ0v) is 54.4. The quantitative estimate of drug-likeness (QED) is 0.0704. The number of hydrogen-bond acceptors (Lipinski definition) is 13. The Balaban J connectivity index is 0.000000126. The van der Waals surface area contributed by atoms with Crippen molar-refractivity contribution in [2.45, 2.75) is 15.7 Å². The van der Waals surface area contributed by atoms with E-state index >= 15 is 0 Å². The van der Waals surface area contributed by atoms with Gasteiger partial charge < -0.3 is 34.1 Å². The van der Waals surface area contributed by atoms with Crippen LogP contribution in [-0.2, 0) is 19.9 Å². The maximum Gasteiger partial charge on any atom is 0.339 e. The number of rotatable bonds is 16. The molecule has 15 rings (SSSR count). The van der Waals surface area contributed by atoms with E-state index in [0.717, 1.165) is 71.3 Å². The highest BCUT2D eigenvalue weighted by atomic mass is 32.2. The number of nitrogens with zero attached hydrogens (tertiary/aromatic N) is 3. The van der Waals surface area contributed by atoms with E-state index in [1.54, 1.807) is 97.9 Å². The number of aliphatic imine (C=N–C) groups is 3. The van der Waals surface area contributed by atoms with Crippen LogP contribution in [-0.4, -0.2) is 82.0 Å². The summed E-state index contributed by atoms with van der Waals surface area (Å²) in [5.41, 5.74) is 6.06. The zero-order valence-electron chi connectivity index (χ0n) is 52.7. The van der Waals surface area contributed by atoms with Crippen LogP contribution in [0, 0.1) is 5.82 Å². The van der Waals surface area contributed by atoms with Crippen LogP contribution < -0.4 is 24.1 Å². The lowest BCUT2D eigenvalue weighted by Crippen LogP contribution is -2.13. The summed E-state index contributed by atoms with van der Waals surface area (Å²) >= 11 is 0. The second-order valence-corrected chi connectivity index (χ2v) is 26.2. The van der Waals surface area contributed by atoms with E-state index < -0.39 is 31.8 Å². The number of halogens is 1. The standard InChI is InChI=1S/C21H17NO3S.C21H15NO3.C20H16N2O3S.C17H12FNO3/c1-26(23,24)21-13-17(18-10-11-22-14-18)7-9-20(21)25-19-8-6-15-4-2-3-5-16(15)12-19;23-21(24)19-12-16(17-9-10-22-13-17)6-8-20(19)25-18-7-5-14-3-1-2-4-15(14)11-18;21-26(23,24)20-12-16(17-9-10-22-13-17)6-8-19(20)25-18-7-5-14-3-1-2-4-15(14)11-18;18-13-2-4-14(5-3-13)22-16-6-1-11(9-15(16)17(20)21)12-7-8-19-10-12/h2-14,18H,1H3;1-9,11-13H,10H2,(H,23,24);1-13,22H,(H2,21,23,24);1-7,9-10H,8H2,(H,20,21). The predicted molar refractivity (Wildman–Crippen MR) is 386 cm³/mol. The van der Waals surface area contributed by atoms with Crippen molar-refractivity contribution in [1.29, 1.82) is 0 Å². The third-order valence-electron chi connectivity index (χ3n) is 15.8. The van der Waals surface area contributed by atoms with Crippen LogP contribution in [0.1, 0.15) is 43.3 Å². The molecule has 3 aliphatic heterocycles. The molecule has 0 fully saturated rings. The van der Waals surface area contributed by atoms with E-state index in [4.69, 9.17) is 24.1 Å². The molecule has 12 aromatic rings. The summed E-state index contributed by atoms with van der Waals surface area (Å²) in [5, 5.41) is 30.7. The van der Waals surface area contributed by atoms with Crippen LogP contribution in [0.15, 0.2) is 292 Å². The van der Waals surface area contributed by atoms with Gasteiger partial charge in [-0.05, 0) is 187 Å². The highest BCUT2D eigenvalue weighted by Gasteiger charge is 2.22. The van der Waals surface area contributed by atoms with Gasteiger partial charge in [0.15, 0.2) is 9.84 Å². The van der Waals surface area contributed by atoms with Gasteiger partial charge in [0.2, 0.25) is 10.0 Å². The lowest BCUT2D eigenvalue weighted by atomic mass is 10.0. The minimum Gasteiger partial charge on any atom is -0.478 e. The monoisotopic (exact) mass is 1350 g/mol. The van der Waals surface area contributed by atoms with Crippen LogP contribution in [0.25, 0.3) is 54.6 Å². The van der Waals surface area contributed by atoms with Crippen molar-refractivity contribution in [3.8, 4) is 57.1 Å². The number of benzene rings is 11. The van der Waals surface area contributed by atoms with Crippen molar-refractivity contribution < 1.29 is 60.0 Å². The van der Waals surface area contributed by atoms with E-state index in [0.29, 0.717) is 47.6 Å². The Kier molecular flexibility index (Phi) is 20.0. The molecule has 0 saturated carbocycles. The second kappa shape index (κ2) is 29.7. The van der Waals surface area contributed by atoms with E-state index in [1.165, 1.54) is 36.6 Å². The molecule has 0 aliphatic carbocycles. The van der Waals surface area contributed by atoms with Gasteiger partial charge >= 0.3 is 11.9 Å². The number of ether oxygens (including phenoxy) is 4. The Morgan fingerprint density at radius 2 is 0.929 bits per heavy atom. The minimum atomic E-state index is -3.94. The molecule has 20 heteroatoms. The number of allylic oxidation sites excluding steroid dienone is 3. The minimum absolute atomic E-state index is 0.00906. The Morgan fingerprint density at radius 3 is 1.36 bits per heavy atom. The maximum absolute atomic E-state index is 12.9. The van der Waals surface area contributed by atoms with Gasteiger partial charge in [0.25, 0.3) is 0 Å². The molecule has 17 nitrogen and oxygen atoms in total. The number of aromatic nitrogens is 1. The SMILES string of the molecule is CS(=O)(=O)c1cc(C2C=CN=C2)ccc1Oc1ccc2ccccc2c1.NS(=O)(=O)c1cc(-c2cc[nH]c2)ccc1Oc1ccc2ccccc2c1.O=C(O)c1cc(C2=CCN=C2)ccc1Oc1ccc(F)cc1.O=C(O)c1cc(C2=CCN=C2)ccc1Oc1ccc2ccccc2c1. The molecule has 492 valence electrons. The van der Waals surface area contributed by atoms with Gasteiger partial charge in [-0.1, -0.05) is 133 Å². The number of carbonyl (C=O) groups is 2. The van der Waals surface area contributed by atoms with E-state index in [1.807, 2.05) is 158 Å². The largest absolute Gasteiger partial charge is 0.478 e. The van der Waals surface area contributed by atoms with Gasteiger partial charge in [-0.2, -0.15) is 0 Å². The summed E-state index contributed by atoms with van der Waals surface area (Å²) in [4.78, 5) is 38.5. The number of carboxylic acids is 2. The zero-order chi connectivity index (χ0) is 69.0. The predicted octanol–water partition coefficient (Wildman–Crippen LogP) is 17.6. The molecule has 99 heavy (non-hydrogen) atoms. The van der Waals surface area contributed by atoms with E-state index in [-0.39, 0.29) is 44.2 Å². The number of fused-ring (bicyclic) bond motifs is 3. The van der Waals surface area contributed by atoms with Crippen LogP contribution in [0.5, 0.6) is 46.0 Å². The van der Waals surface area contributed by atoms with Gasteiger partial charge in [0.05, 0.1) is 13.1 Å². The maximum atomic E-state index is 12.9. The number of carboxylic acid groups (broad SMARTS) is 2. The number of aromatic carboxylic acids is 2. The molecule has 0 spiro atoms. The van der Waals surface area contributed by atoms with Crippen LogP contribution >= 0.6 is 0 Å². The number of hydrogen-bond donors (Lipinski definition) is 4. The Hall–Kier alpha value is -12.4. The summed E-state index contributed by atoms with van der Waals surface area (Å²) in [6.07, 6.45) is 17.5. The third-order valence-corrected chi connectivity index (χ3v) is 17.9. The Morgan fingerprint density at radius 1 is 0.485 bits per heavy atom. The van der Waals surface area contributed by atoms with Gasteiger partial charge in [-0.25, -0.2) is 36.0 Å². The summed E-state index contributed by atoms with van der Waals surface area (Å²) < 4.78 is 84.8. The highest BCUT2D eigenvalue weighted by Crippen LogP contribution is 2.37. The molecule has 1 aromatic heterocycles. The molecule has 5 N–H and O–H groups in total. The summed E-state index contributed by atoms with van der Waals surface area (Å²) in [7, 11) is -7.39. The molecule has 1 unspecified atom stereocenters. The fourth-order valence-corrected chi connectivity index (χ4v) is 12.4. The first-order chi connectivity index (χ1) is 47.8. The van der Waals surface area contributed by atoms with Gasteiger partial charge in [0, 0.05) is 49.4 Å². The molecule has 3 aliphatic rings. The molecular weight excluding hydrogens is 1290 g/mol. The number of sulfone groups is 1. The Labute approximate surface area is 568 Å². The number of nitrogens with two attached hydrogens (primary N) is 1. The average molecular weight is 1350 g/mol. The van der Waals surface area contributed by atoms with Gasteiger partial charge in [-0.3, -0.25) is 15.0 Å². The Bertz CT molecular complexity index is 5490. The molecule has 11 aromatic carbocycles. The first-order valence-electron chi connectivity index (χ1n) is 30.8. The lowest BCUT2D eigenvalue weighted by Gasteiger charge is -2.13. The average Bonchev–Trinajstić information content (AvgIpc) is 1.63. The number of H-pyrrole nitrogens is 1. The fourth-order valence-electron chi connectivity index (χ4n) is 10.9. The van der Waals surface area contributed by atoms with E-state index in [2.05, 4.69) is 20.0 Å². The molecule has 4 heterocycles. The molecule has 0 bridgehead atoms. The van der Waals surface area contributed by atoms with E-state index in [9.17, 15) is 41.0 Å². The normalized spacial score (nSPS) is 13.5. The van der Waals surface area contributed by atoms with Gasteiger partial charge in [0.1, 0.15) is 72.7 Å². The highest BCUT2D eigenvalue weighted by molar-refractivity contribution is 7.90. The first-order valence-corrected chi connectivity index (χ1v) is 34.2. The van der Waals surface area contributed by atoms with Crippen molar-refractivity contribution in [3.05, 3.63) is 301 Å². The second-order valence-electron chi connectivity index (χ2n) is 22.7. The topological polar surface area (TPSA) is 259 Å². The smallest absolute Gasteiger partial charge is 0.339 e. The van der Waals surface area contributed by atoms with Crippen LogP contribution in [0.4, 0.5) is 4.39 Å². The molecular formula is C79H60FN5O12S2. The van der Waals surface area contributed by atoms with Crippen LogP contribution in [0.2, 0.25) is 0 Å². The number of aromatic amines is 1. The number of sulfonamides is 1. The molecule has 0 saturated heterocycles. The third kappa shape index (κ3) is 16.7. The number of primary sulfonamides is 1. The lowest BCUT2D eigenvalue weighted by molar-refractivity contribution is 0.0683. The first kappa shape index (κ1) is 66.7. The molecule has 0 radical (unpaired) electrons. The van der Waals surface area contributed by atoms with Crippen molar-refractivity contribution in [2.75, 3.05) is 19.3 Å². The van der Waals surface area contributed by atoms with Gasteiger partial charge in [-0.15, -0.1) is 0 Å². The summed E-state index contributed by atoms with van der Waals surface area (Å²) in [6, 6.07) is 68.3. The summed E-state index contributed by atoms with van der Waals surface area (Å²) in [6.45, 7) is 1.23. The fraction of sp³-hybridized carbons (Fsp3) is 0.0506. The molecule has 0 amide bonds. The molecule has 1 atom stereocenters. The number of nitrogens with one attached hydrogen (secondary N) is 1. The van der Waals surface area contributed by atoms with Crippen molar-refractivity contribution in [2.24, 2.45) is 20.1 Å². The van der Waals surface area contributed by atoms with Crippen molar-refractivity contribution >= 4 is 93.9 Å². The van der Waals surface area contributed by atoms with Crippen molar-refractivity contribution in [1.82, 2.24) is 4.98 Å². The summed E-state index contributed by atoms with van der Waals surface area (Å²) in [5.74, 6) is 0.676.